The number of hydrogen-bond acceptors (Lipinski definition) is 6. The van der Waals surface area contributed by atoms with Gasteiger partial charge in [-0.2, -0.15) is 0 Å². The molecule has 0 aromatic carbocycles. The van der Waals surface area contributed by atoms with Crippen LogP contribution in [0.3, 0.4) is 0 Å². The van der Waals surface area contributed by atoms with Crippen molar-refractivity contribution in [3.8, 4) is 0 Å². The summed E-state index contributed by atoms with van der Waals surface area (Å²) in [6.45, 7) is -0.280. The molecule has 2 amide bonds. The number of rotatable bonds is 8. The summed E-state index contributed by atoms with van der Waals surface area (Å²) in [5, 5.41) is 5.59. The summed E-state index contributed by atoms with van der Waals surface area (Å²) in [7, 11) is 0. The highest BCUT2D eigenvalue weighted by Crippen LogP contribution is 2.55. The van der Waals surface area contributed by atoms with Crippen molar-refractivity contribution < 1.29 is 41.7 Å². The molecule has 12 heteroatoms. The second kappa shape index (κ2) is 9.63. The van der Waals surface area contributed by atoms with Crippen LogP contribution in [0.25, 0.3) is 0 Å². The van der Waals surface area contributed by atoms with Gasteiger partial charge in [0.25, 0.3) is 0 Å². The van der Waals surface area contributed by atoms with Crippen molar-refractivity contribution in [1.29, 1.82) is 0 Å². The second-order valence-corrected chi connectivity index (χ2v) is 11.4. The predicted molar refractivity (Wildman–Crippen MR) is 117 cm³/mol. The van der Waals surface area contributed by atoms with Gasteiger partial charge in [-0.25, -0.2) is 4.39 Å². The lowest BCUT2D eigenvalue weighted by atomic mass is 9.71. The van der Waals surface area contributed by atoms with E-state index >= 15 is 0 Å². The number of amides is 2. The highest BCUT2D eigenvalue weighted by molar-refractivity contribution is 6.21. The predicted octanol–water partition coefficient (Wildman–Crippen LogP) is 2.70. The van der Waals surface area contributed by atoms with E-state index < -0.39 is 30.1 Å². The molecule has 0 radical (unpaired) electrons. The Morgan fingerprint density at radius 3 is 2.00 bits per heavy atom. The Morgan fingerprint density at radius 1 is 0.857 bits per heavy atom. The average Bonchev–Trinajstić information content (AvgIpc) is 3.39. The third kappa shape index (κ3) is 5.74. The van der Waals surface area contributed by atoms with Crippen molar-refractivity contribution in [2.75, 3.05) is 13.2 Å². The van der Waals surface area contributed by atoms with Crippen LogP contribution >= 0.6 is 11.6 Å². The molecule has 8 nitrogen and oxygen atoms in total. The van der Waals surface area contributed by atoms with E-state index in [9.17, 15) is 22.8 Å². The van der Waals surface area contributed by atoms with Crippen LogP contribution in [0, 0.1) is 0 Å². The number of carbonyl (C=O) groups excluding carboxylic acids is 2. The van der Waals surface area contributed by atoms with Gasteiger partial charge in [-0.3, -0.25) is 19.1 Å². The monoisotopic (exact) mass is 524 g/mol. The first kappa shape index (κ1) is 25.5. The molecule has 5 saturated carbocycles. The van der Waals surface area contributed by atoms with Crippen LogP contribution in [0.2, 0.25) is 0 Å². The van der Waals surface area contributed by atoms with Crippen molar-refractivity contribution in [2.45, 2.75) is 118 Å². The van der Waals surface area contributed by atoms with Gasteiger partial charge in [0.15, 0.2) is 0 Å². The summed E-state index contributed by atoms with van der Waals surface area (Å²) < 4.78 is 60.7. The Balaban J connectivity index is 0.997. The summed E-state index contributed by atoms with van der Waals surface area (Å²) in [6, 6.07) is 0. The molecule has 2 bridgehead atoms. The molecule has 1 saturated heterocycles. The van der Waals surface area contributed by atoms with Gasteiger partial charge in [0.1, 0.15) is 19.4 Å². The largest absolute Gasteiger partial charge is 0.486 e. The fraction of sp³-hybridized carbons (Fsp3) is 0.913. The summed E-state index contributed by atoms with van der Waals surface area (Å²) in [5.74, 6) is -0.500. The zero-order chi connectivity index (χ0) is 24.8. The lowest BCUT2D eigenvalue weighted by molar-refractivity contribution is -0.351. The van der Waals surface area contributed by atoms with Gasteiger partial charge in [-0.1, -0.05) is 0 Å². The number of hydrogen-bond donors (Lipinski definition) is 2. The first-order valence-corrected chi connectivity index (χ1v) is 12.8. The molecule has 35 heavy (non-hydrogen) atoms. The molecule has 0 spiro atoms. The Hall–Kier alpha value is -1.14. The molecule has 6 fully saturated rings. The Bertz CT molecular complexity index is 829. The van der Waals surface area contributed by atoms with Crippen LogP contribution < -0.4 is 10.6 Å². The zero-order valence-electron chi connectivity index (χ0n) is 19.4. The van der Waals surface area contributed by atoms with E-state index in [1.807, 2.05) is 0 Å². The van der Waals surface area contributed by atoms with E-state index in [0.29, 0.717) is 38.5 Å². The molecule has 0 aromatic heterocycles. The topological polar surface area (TPSA) is 95.1 Å². The van der Waals surface area contributed by atoms with Crippen molar-refractivity contribution in [3.05, 3.63) is 0 Å². The molecule has 6 atom stereocenters. The molecule has 5 aliphatic carbocycles. The van der Waals surface area contributed by atoms with Crippen LogP contribution in [-0.2, 0) is 28.5 Å². The van der Waals surface area contributed by atoms with E-state index in [1.54, 1.807) is 0 Å². The molecule has 0 aromatic rings. The highest BCUT2D eigenvalue weighted by Gasteiger charge is 2.62. The van der Waals surface area contributed by atoms with E-state index in [0.717, 1.165) is 12.8 Å². The van der Waals surface area contributed by atoms with Gasteiger partial charge < -0.3 is 20.1 Å². The number of alkyl halides is 4. The fourth-order valence-corrected chi connectivity index (χ4v) is 6.71. The van der Waals surface area contributed by atoms with Crippen LogP contribution in [-0.4, -0.2) is 78.4 Å². The second-order valence-electron chi connectivity index (χ2n) is 10.8. The minimum Gasteiger partial charge on any atom is -0.368 e. The third-order valence-electron chi connectivity index (χ3n) is 8.05. The Labute approximate surface area is 206 Å². The summed E-state index contributed by atoms with van der Waals surface area (Å²) in [4.78, 5) is 24.9. The minimum absolute atomic E-state index is 0.122. The lowest BCUT2D eigenvalue weighted by Crippen LogP contribution is -2.65. The van der Waals surface area contributed by atoms with Crippen molar-refractivity contribution >= 4 is 23.4 Å². The first-order valence-electron chi connectivity index (χ1n) is 12.4. The lowest BCUT2D eigenvalue weighted by Gasteiger charge is -2.48. The molecule has 6 unspecified atom stereocenters. The Kier molecular flexibility index (Phi) is 7.02. The maximum absolute atomic E-state index is 13.7. The van der Waals surface area contributed by atoms with E-state index in [-0.39, 0.29) is 61.2 Å². The van der Waals surface area contributed by atoms with Gasteiger partial charge in [-0.05, 0) is 51.4 Å². The number of halogens is 4. The number of ether oxygens (including phenoxy) is 4. The van der Waals surface area contributed by atoms with Gasteiger partial charge in [-0.15, -0.1) is 20.4 Å². The first-order chi connectivity index (χ1) is 16.5. The standard InChI is InChI=1S/C23H32ClF3N2O6/c24-15-3-1-13(7-16(15)25)32-9-19(30)28-21-5-6-22(11-21,12-21)29-20(31)10-33-14-2-4-17-18(8-14)35-23(26,27)34-17/h13-18H,1-12H2,(H,28,30)(H,29,31). The van der Waals surface area contributed by atoms with Crippen LogP contribution in [0.4, 0.5) is 13.2 Å². The molecule has 198 valence electrons. The van der Waals surface area contributed by atoms with E-state index in [4.69, 9.17) is 21.1 Å². The van der Waals surface area contributed by atoms with Crippen molar-refractivity contribution in [2.24, 2.45) is 0 Å². The van der Waals surface area contributed by atoms with Crippen LogP contribution in [0.5, 0.6) is 0 Å². The molecule has 2 N–H and O–H groups in total. The third-order valence-corrected chi connectivity index (χ3v) is 8.54. The average molecular weight is 525 g/mol. The smallest absolute Gasteiger partial charge is 0.368 e. The minimum atomic E-state index is -3.55. The van der Waals surface area contributed by atoms with Crippen LogP contribution in [0.1, 0.15) is 64.2 Å². The molecule has 6 aliphatic rings. The molecular weight excluding hydrogens is 493 g/mol. The summed E-state index contributed by atoms with van der Waals surface area (Å²) in [6.07, 6.45) is -1.35. The fourth-order valence-electron chi connectivity index (χ4n) is 6.48. The molecular formula is C23H32ClF3N2O6. The molecule has 6 rings (SSSR count). The van der Waals surface area contributed by atoms with Gasteiger partial charge in [0.05, 0.1) is 29.8 Å². The maximum atomic E-state index is 13.7. The van der Waals surface area contributed by atoms with Crippen molar-refractivity contribution in [3.63, 3.8) is 0 Å². The number of fused-ring (bicyclic) bond motifs is 2. The summed E-state index contributed by atoms with van der Waals surface area (Å²) in [5.41, 5.74) is -0.717. The SMILES string of the molecule is O=C(COC1CCC(Cl)C(F)C1)NC12CCC(NC(=O)COC3CCC4OC(F)(F)OC4C3)(C1)C2. The highest BCUT2D eigenvalue weighted by atomic mass is 35.5. The van der Waals surface area contributed by atoms with E-state index in [1.165, 1.54) is 0 Å². The van der Waals surface area contributed by atoms with Crippen molar-refractivity contribution in [1.82, 2.24) is 10.6 Å². The Morgan fingerprint density at radius 2 is 1.40 bits per heavy atom. The number of carbonyl (C=O) groups is 2. The van der Waals surface area contributed by atoms with Gasteiger partial charge in [0, 0.05) is 23.9 Å². The number of nitrogens with one attached hydrogen (secondary N) is 2. The maximum Gasteiger partial charge on any atom is 0.486 e. The zero-order valence-corrected chi connectivity index (χ0v) is 20.2. The molecule has 1 heterocycles. The van der Waals surface area contributed by atoms with Gasteiger partial charge >= 0.3 is 6.29 Å². The normalized spacial score (nSPS) is 43.8. The van der Waals surface area contributed by atoms with Crippen LogP contribution in [0.15, 0.2) is 0 Å². The quantitative estimate of drug-likeness (QED) is 0.474. The summed E-state index contributed by atoms with van der Waals surface area (Å²) >= 11 is 5.89. The molecule has 1 aliphatic heterocycles. The van der Waals surface area contributed by atoms with E-state index in [2.05, 4.69) is 20.1 Å². The van der Waals surface area contributed by atoms with Gasteiger partial charge in [0.2, 0.25) is 11.8 Å².